The van der Waals surface area contributed by atoms with Gasteiger partial charge in [-0.05, 0) is 29.8 Å². The third-order valence-electron chi connectivity index (χ3n) is 4.05. The van der Waals surface area contributed by atoms with Crippen molar-refractivity contribution in [2.75, 3.05) is 19.4 Å². The van der Waals surface area contributed by atoms with E-state index in [1.54, 1.807) is 6.20 Å². The van der Waals surface area contributed by atoms with Crippen LogP contribution in [0, 0.1) is 0 Å². The molecule has 0 saturated heterocycles. The van der Waals surface area contributed by atoms with E-state index in [0.717, 1.165) is 14.7 Å². The van der Waals surface area contributed by atoms with Gasteiger partial charge in [0.1, 0.15) is 4.90 Å². The lowest BCUT2D eigenvalue weighted by molar-refractivity contribution is 0.102. The summed E-state index contributed by atoms with van der Waals surface area (Å²) in [5.74, 6) is -0.476. The second kappa shape index (κ2) is 8.81. The number of hydrogen-bond acceptors (Lipinski definition) is 5. The molecule has 0 aliphatic carbocycles. The zero-order chi connectivity index (χ0) is 21.2. The number of sulfonamides is 1. The lowest BCUT2D eigenvalue weighted by Crippen LogP contribution is -2.23. The number of carbonyl (C=O) groups is 1. The van der Waals surface area contributed by atoms with Gasteiger partial charge in [0.25, 0.3) is 5.91 Å². The van der Waals surface area contributed by atoms with Crippen molar-refractivity contribution in [2.24, 2.45) is 0 Å². The maximum atomic E-state index is 12.6. The normalized spacial score (nSPS) is 11.6. The van der Waals surface area contributed by atoms with E-state index < -0.39 is 15.9 Å². The Labute approximate surface area is 183 Å². The van der Waals surface area contributed by atoms with Gasteiger partial charge in [0, 0.05) is 42.2 Å². The van der Waals surface area contributed by atoms with Crippen molar-refractivity contribution in [1.82, 2.24) is 9.29 Å². The number of amides is 1. The Morgan fingerprint density at radius 3 is 2.55 bits per heavy atom. The van der Waals surface area contributed by atoms with Gasteiger partial charge in [0.05, 0.1) is 5.02 Å². The molecule has 10 heteroatoms. The van der Waals surface area contributed by atoms with E-state index in [2.05, 4.69) is 10.3 Å². The zero-order valence-electron chi connectivity index (χ0n) is 15.5. The number of halogens is 2. The van der Waals surface area contributed by atoms with Crippen molar-refractivity contribution in [3.63, 3.8) is 0 Å². The summed E-state index contributed by atoms with van der Waals surface area (Å²) in [6, 6.07) is 11.6. The van der Waals surface area contributed by atoms with Gasteiger partial charge >= 0.3 is 0 Å². The Hall–Kier alpha value is -1.97. The smallest absolute Gasteiger partial charge is 0.257 e. The highest BCUT2D eigenvalue weighted by molar-refractivity contribution is 7.89. The largest absolute Gasteiger partial charge is 0.298 e. The molecule has 1 heterocycles. The number of benzene rings is 2. The van der Waals surface area contributed by atoms with Crippen molar-refractivity contribution in [3.8, 4) is 0 Å². The Bertz CT molecular complexity index is 1160. The molecule has 1 amide bonds. The molecule has 6 nitrogen and oxygen atoms in total. The Kier molecular flexibility index (Phi) is 6.60. The summed E-state index contributed by atoms with van der Waals surface area (Å²) in [4.78, 5) is 17.6. The average molecular weight is 470 g/mol. The minimum absolute atomic E-state index is 0.0477. The fraction of sp³-hybridized carbons (Fsp3) is 0.158. The van der Waals surface area contributed by atoms with Gasteiger partial charge in [-0.2, -0.15) is 0 Å². The summed E-state index contributed by atoms with van der Waals surface area (Å²) >= 11 is 13.5. The topological polar surface area (TPSA) is 79.4 Å². The highest BCUT2D eigenvalue weighted by Crippen LogP contribution is 2.27. The number of anilines is 1. The van der Waals surface area contributed by atoms with Crippen LogP contribution in [0.15, 0.2) is 53.6 Å². The van der Waals surface area contributed by atoms with Crippen molar-refractivity contribution < 1.29 is 13.2 Å². The quantitative estimate of drug-likeness (QED) is 0.574. The number of rotatable bonds is 6. The molecule has 3 aromatic rings. The van der Waals surface area contributed by atoms with Gasteiger partial charge in [0.15, 0.2) is 5.13 Å². The molecule has 0 atom stereocenters. The van der Waals surface area contributed by atoms with E-state index in [-0.39, 0.29) is 15.5 Å². The van der Waals surface area contributed by atoms with Crippen molar-refractivity contribution in [1.29, 1.82) is 0 Å². The van der Waals surface area contributed by atoms with Crippen LogP contribution < -0.4 is 5.32 Å². The van der Waals surface area contributed by atoms with Gasteiger partial charge in [-0.3, -0.25) is 10.1 Å². The second-order valence-electron chi connectivity index (χ2n) is 6.29. The van der Waals surface area contributed by atoms with Gasteiger partial charge < -0.3 is 0 Å². The molecule has 1 N–H and O–H groups in total. The molecule has 1 aromatic heterocycles. The van der Waals surface area contributed by atoms with Gasteiger partial charge in [-0.1, -0.05) is 41.4 Å². The van der Waals surface area contributed by atoms with Crippen LogP contribution in [0.1, 0.15) is 20.8 Å². The molecule has 0 spiro atoms. The third kappa shape index (κ3) is 4.96. The fourth-order valence-electron chi connectivity index (χ4n) is 2.48. The Balaban J connectivity index is 1.78. The Morgan fingerprint density at radius 2 is 1.86 bits per heavy atom. The first-order valence-electron chi connectivity index (χ1n) is 8.40. The highest BCUT2D eigenvalue weighted by Gasteiger charge is 2.22. The van der Waals surface area contributed by atoms with Crippen LogP contribution in [0.5, 0.6) is 0 Å². The lowest BCUT2D eigenvalue weighted by Gasteiger charge is -2.13. The van der Waals surface area contributed by atoms with Crippen LogP contribution >= 0.6 is 34.5 Å². The molecular weight excluding hydrogens is 453 g/mol. The standard InChI is InChI=1S/C19H17Cl2N3O3S2/c1-24(2)29(26,27)17-10-13(7-8-16(17)21)18(25)23-19-22-11-14(28-19)9-12-5-3-4-6-15(12)20/h3-8,10-11H,9H2,1-2H3,(H,22,23,25). The minimum atomic E-state index is -3.78. The monoisotopic (exact) mass is 469 g/mol. The number of carbonyl (C=O) groups excluding carboxylic acids is 1. The number of nitrogens with zero attached hydrogens (tertiary/aromatic N) is 2. The van der Waals surface area contributed by atoms with Gasteiger partial charge in [-0.15, -0.1) is 11.3 Å². The van der Waals surface area contributed by atoms with E-state index in [1.165, 1.54) is 43.6 Å². The Morgan fingerprint density at radius 1 is 1.14 bits per heavy atom. The molecule has 2 aromatic carbocycles. The first kappa shape index (κ1) is 21.7. The maximum absolute atomic E-state index is 12.6. The molecule has 0 bridgehead atoms. The molecule has 152 valence electrons. The minimum Gasteiger partial charge on any atom is -0.298 e. The van der Waals surface area contributed by atoms with Gasteiger partial charge in [-0.25, -0.2) is 17.7 Å². The highest BCUT2D eigenvalue weighted by atomic mass is 35.5. The summed E-state index contributed by atoms with van der Waals surface area (Å²) in [6.07, 6.45) is 2.27. The van der Waals surface area contributed by atoms with Crippen LogP contribution in [0.3, 0.4) is 0 Å². The lowest BCUT2D eigenvalue weighted by atomic mass is 10.1. The second-order valence-corrected chi connectivity index (χ2v) is 10.3. The van der Waals surface area contributed by atoms with Crippen molar-refractivity contribution in [2.45, 2.75) is 11.3 Å². The molecular formula is C19H17Cl2N3O3S2. The molecule has 29 heavy (non-hydrogen) atoms. The van der Waals surface area contributed by atoms with Crippen LogP contribution in [0.4, 0.5) is 5.13 Å². The molecule has 0 unspecified atom stereocenters. The summed E-state index contributed by atoms with van der Waals surface area (Å²) in [5.41, 5.74) is 1.13. The summed E-state index contributed by atoms with van der Waals surface area (Å²) in [6.45, 7) is 0. The van der Waals surface area contributed by atoms with E-state index in [0.29, 0.717) is 16.6 Å². The van der Waals surface area contributed by atoms with E-state index in [9.17, 15) is 13.2 Å². The third-order valence-corrected chi connectivity index (χ3v) is 7.63. The molecule has 0 radical (unpaired) electrons. The van der Waals surface area contributed by atoms with Crippen molar-refractivity contribution >= 4 is 55.6 Å². The van der Waals surface area contributed by atoms with Crippen LogP contribution in [-0.2, 0) is 16.4 Å². The average Bonchev–Trinajstić information content (AvgIpc) is 3.10. The first-order chi connectivity index (χ1) is 13.7. The number of thiazole rings is 1. The number of nitrogens with one attached hydrogen (secondary N) is 1. The van der Waals surface area contributed by atoms with Gasteiger partial charge in [0.2, 0.25) is 10.0 Å². The first-order valence-corrected chi connectivity index (χ1v) is 11.4. The van der Waals surface area contributed by atoms with E-state index >= 15 is 0 Å². The zero-order valence-corrected chi connectivity index (χ0v) is 18.7. The van der Waals surface area contributed by atoms with E-state index in [1.807, 2.05) is 24.3 Å². The van der Waals surface area contributed by atoms with Crippen LogP contribution in [0.2, 0.25) is 10.0 Å². The fourth-order valence-corrected chi connectivity index (χ4v) is 4.91. The molecule has 0 aliphatic heterocycles. The molecule has 0 fully saturated rings. The number of hydrogen-bond donors (Lipinski definition) is 1. The summed E-state index contributed by atoms with van der Waals surface area (Å²) in [5, 5.41) is 3.81. The summed E-state index contributed by atoms with van der Waals surface area (Å²) < 4.78 is 25.8. The predicted octanol–water partition coefficient (Wildman–Crippen LogP) is 4.54. The number of aromatic nitrogens is 1. The molecule has 0 saturated carbocycles. The molecule has 3 rings (SSSR count). The van der Waals surface area contributed by atoms with Crippen LogP contribution in [-0.4, -0.2) is 37.7 Å². The van der Waals surface area contributed by atoms with Crippen LogP contribution in [0.25, 0.3) is 0 Å². The van der Waals surface area contributed by atoms with Crippen molar-refractivity contribution in [3.05, 3.63) is 74.7 Å². The predicted molar refractivity (Wildman–Crippen MR) is 117 cm³/mol. The molecule has 0 aliphatic rings. The van der Waals surface area contributed by atoms with E-state index in [4.69, 9.17) is 23.2 Å². The summed E-state index contributed by atoms with van der Waals surface area (Å²) in [7, 11) is -0.981. The SMILES string of the molecule is CN(C)S(=O)(=O)c1cc(C(=O)Nc2ncc(Cc3ccccc3Cl)s2)ccc1Cl. The maximum Gasteiger partial charge on any atom is 0.257 e.